The highest BCUT2D eigenvalue weighted by atomic mass is 16.5. The zero-order valence-electron chi connectivity index (χ0n) is 6.09. The molecule has 1 heterocycles. The Hall–Kier alpha value is -1.51. The number of nitrogens with one attached hydrogen (secondary N) is 1. The molecule has 0 unspecified atom stereocenters. The Labute approximate surface area is 64.0 Å². The van der Waals surface area contributed by atoms with Crippen molar-refractivity contribution < 1.29 is 4.74 Å². The Kier molecular flexibility index (Phi) is 1.28. The van der Waals surface area contributed by atoms with Gasteiger partial charge in [-0.2, -0.15) is 0 Å². The van der Waals surface area contributed by atoms with Gasteiger partial charge < -0.3 is 9.72 Å². The predicted molar refractivity (Wildman–Crippen MR) is 41.5 cm³/mol. The minimum atomic E-state index is 0.818. The summed E-state index contributed by atoms with van der Waals surface area (Å²) < 4.78 is 5.02. The number of rotatable bonds is 1. The normalized spacial score (nSPS) is 10.3. The van der Waals surface area contributed by atoms with E-state index in [-0.39, 0.29) is 0 Å². The SMILES string of the molecule is COc1ccc2[nH][c]nc2c1. The molecule has 2 rings (SSSR count). The molecule has 0 bridgehead atoms. The molecule has 0 saturated carbocycles. The summed E-state index contributed by atoms with van der Waals surface area (Å²) in [4.78, 5) is 6.85. The van der Waals surface area contributed by atoms with Crippen LogP contribution < -0.4 is 4.74 Å². The number of ether oxygens (including phenoxy) is 1. The van der Waals surface area contributed by atoms with Gasteiger partial charge >= 0.3 is 0 Å². The molecule has 3 heteroatoms. The van der Waals surface area contributed by atoms with Crippen LogP contribution in [0, 0.1) is 6.33 Å². The van der Waals surface area contributed by atoms with E-state index in [0.717, 1.165) is 16.8 Å². The van der Waals surface area contributed by atoms with Gasteiger partial charge in [-0.05, 0) is 12.1 Å². The number of fused-ring (bicyclic) bond motifs is 1. The van der Waals surface area contributed by atoms with Crippen LogP contribution in [0.4, 0.5) is 0 Å². The number of hydrogen-bond acceptors (Lipinski definition) is 2. The van der Waals surface area contributed by atoms with E-state index in [1.165, 1.54) is 0 Å². The molecule has 0 amide bonds. The maximum absolute atomic E-state index is 5.02. The molecule has 1 aromatic carbocycles. The van der Waals surface area contributed by atoms with E-state index < -0.39 is 0 Å². The van der Waals surface area contributed by atoms with Crippen LogP contribution in [0.25, 0.3) is 11.0 Å². The topological polar surface area (TPSA) is 37.9 Å². The number of hydrogen-bond donors (Lipinski definition) is 1. The summed E-state index contributed by atoms with van der Waals surface area (Å²) in [5.41, 5.74) is 1.86. The highest BCUT2D eigenvalue weighted by Crippen LogP contribution is 2.16. The molecule has 0 atom stereocenters. The van der Waals surface area contributed by atoms with Crippen LogP contribution in [0.5, 0.6) is 5.75 Å². The summed E-state index contributed by atoms with van der Waals surface area (Å²) in [5, 5.41) is 0. The molecule has 0 aliphatic heterocycles. The van der Waals surface area contributed by atoms with E-state index in [1.807, 2.05) is 18.2 Å². The van der Waals surface area contributed by atoms with Crippen LogP contribution >= 0.6 is 0 Å². The van der Waals surface area contributed by atoms with Crippen molar-refractivity contribution in [3.8, 4) is 5.75 Å². The molecule has 55 valence electrons. The Balaban J connectivity index is 2.67. The van der Waals surface area contributed by atoms with Gasteiger partial charge in [0, 0.05) is 6.07 Å². The van der Waals surface area contributed by atoms with Crippen molar-refractivity contribution in [2.75, 3.05) is 7.11 Å². The number of methoxy groups -OCH3 is 1. The second-order valence-corrected chi connectivity index (χ2v) is 2.23. The minimum absolute atomic E-state index is 0.818. The number of aromatic amines is 1. The molecule has 0 saturated heterocycles. The molecule has 11 heavy (non-hydrogen) atoms. The summed E-state index contributed by atoms with van der Waals surface area (Å²) in [5.74, 6) is 0.818. The molecule has 0 spiro atoms. The van der Waals surface area contributed by atoms with Crippen LogP contribution in [0.3, 0.4) is 0 Å². The van der Waals surface area contributed by atoms with Gasteiger partial charge in [-0.3, -0.25) is 0 Å². The number of nitrogens with zero attached hydrogens (tertiary/aromatic N) is 1. The third-order valence-electron chi connectivity index (χ3n) is 1.57. The Morgan fingerprint density at radius 1 is 1.55 bits per heavy atom. The van der Waals surface area contributed by atoms with Crippen molar-refractivity contribution >= 4 is 11.0 Å². The Morgan fingerprint density at radius 3 is 3.27 bits per heavy atom. The third-order valence-corrected chi connectivity index (χ3v) is 1.57. The molecule has 2 aromatic rings. The lowest BCUT2D eigenvalue weighted by atomic mass is 10.3. The zero-order chi connectivity index (χ0) is 7.68. The molecule has 1 radical (unpaired) electrons. The maximum Gasteiger partial charge on any atom is 0.174 e. The predicted octanol–water partition coefficient (Wildman–Crippen LogP) is 1.37. The first-order chi connectivity index (χ1) is 5.40. The van der Waals surface area contributed by atoms with Gasteiger partial charge in [0.25, 0.3) is 0 Å². The highest BCUT2D eigenvalue weighted by Gasteiger charge is 1.96. The van der Waals surface area contributed by atoms with E-state index in [1.54, 1.807) is 7.11 Å². The average molecular weight is 147 g/mol. The van der Waals surface area contributed by atoms with E-state index in [4.69, 9.17) is 4.74 Å². The first-order valence-corrected chi connectivity index (χ1v) is 3.30. The monoisotopic (exact) mass is 147 g/mol. The fourth-order valence-corrected chi connectivity index (χ4v) is 0.985. The van der Waals surface area contributed by atoms with Gasteiger partial charge in [0.2, 0.25) is 0 Å². The van der Waals surface area contributed by atoms with E-state index in [0.29, 0.717) is 0 Å². The largest absolute Gasteiger partial charge is 0.497 e. The van der Waals surface area contributed by atoms with Crippen molar-refractivity contribution in [1.82, 2.24) is 9.97 Å². The molecular weight excluding hydrogens is 140 g/mol. The highest BCUT2D eigenvalue weighted by molar-refractivity contribution is 5.75. The van der Waals surface area contributed by atoms with Crippen LogP contribution in [0.1, 0.15) is 0 Å². The Morgan fingerprint density at radius 2 is 2.45 bits per heavy atom. The number of imidazole rings is 1. The second kappa shape index (κ2) is 2.27. The van der Waals surface area contributed by atoms with Gasteiger partial charge in [0.15, 0.2) is 6.33 Å². The van der Waals surface area contributed by atoms with Crippen LogP contribution in [0.15, 0.2) is 18.2 Å². The van der Waals surface area contributed by atoms with Gasteiger partial charge in [0.05, 0.1) is 18.1 Å². The molecule has 1 N–H and O–H groups in total. The molecule has 0 aliphatic rings. The van der Waals surface area contributed by atoms with Crippen molar-refractivity contribution in [3.05, 3.63) is 24.5 Å². The quantitative estimate of drug-likeness (QED) is 0.661. The van der Waals surface area contributed by atoms with Crippen molar-refractivity contribution in [3.63, 3.8) is 0 Å². The van der Waals surface area contributed by atoms with Crippen molar-refractivity contribution in [1.29, 1.82) is 0 Å². The van der Waals surface area contributed by atoms with E-state index in [9.17, 15) is 0 Å². The maximum atomic E-state index is 5.02. The lowest BCUT2D eigenvalue weighted by Gasteiger charge is -1.96. The van der Waals surface area contributed by atoms with Crippen LogP contribution in [-0.2, 0) is 0 Å². The second-order valence-electron chi connectivity index (χ2n) is 2.23. The van der Waals surface area contributed by atoms with Gasteiger partial charge in [-0.25, -0.2) is 4.98 Å². The number of benzene rings is 1. The minimum Gasteiger partial charge on any atom is -0.497 e. The lowest BCUT2D eigenvalue weighted by molar-refractivity contribution is 0.415. The number of aromatic nitrogens is 2. The first kappa shape index (κ1) is 6.22. The summed E-state index contributed by atoms with van der Waals surface area (Å²) in [6, 6.07) is 5.66. The first-order valence-electron chi connectivity index (χ1n) is 3.30. The summed E-state index contributed by atoms with van der Waals surface area (Å²) >= 11 is 0. The zero-order valence-corrected chi connectivity index (χ0v) is 6.09. The lowest BCUT2D eigenvalue weighted by Crippen LogP contribution is -1.80. The summed E-state index contributed by atoms with van der Waals surface area (Å²) in [7, 11) is 1.64. The smallest absolute Gasteiger partial charge is 0.174 e. The molecule has 3 nitrogen and oxygen atoms in total. The fourth-order valence-electron chi connectivity index (χ4n) is 0.985. The standard InChI is InChI=1S/C8H7N2O/c1-11-6-2-3-7-8(4-6)10-5-9-7/h2-4H,1H3,(H,9,10). The molecule has 0 fully saturated rings. The van der Waals surface area contributed by atoms with Crippen LogP contribution in [0.2, 0.25) is 0 Å². The average Bonchev–Trinajstić information content (AvgIpc) is 2.50. The van der Waals surface area contributed by atoms with Crippen molar-refractivity contribution in [2.45, 2.75) is 0 Å². The molecular formula is C8H7N2O. The fraction of sp³-hybridized carbons (Fsp3) is 0.125. The summed E-state index contributed by atoms with van der Waals surface area (Å²) in [6.07, 6.45) is 2.66. The van der Waals surface area contributed by atoms with Gasteiger partial charge in [-0.15, -0.1) is 0 Å². The third kappa shape index (κ3) is 0.941. The molecule has 1 aromatic heterocycles. The van der Waals surface area contributed by atoms with Crippen molar-refractivity contribution in [2.24, 2.45) is 0 Å². The van der Waals surface area contributed by atoms with E-state index in [2.05, 4.69) is 16.3 Å². The molecule has 0 aliphatic carbocycles. The Bertz CT molecular complexity index is 367. The van der Waals surface area contributed by atoms with Crippen LogP contribution in [-0.4, -0.2) is 17.1 Å². The summed E-state index contributed by atoms with van der Waals surface area (Å²) in [6.45, 7) is 0. The van der Waals surface area contributed by atoms with Gasteiger partial charge in [-0.1, -0.05) is 0 Å². The van der Waals surface area contributed by atoms with Gasteiger partial charge in [0.1, 0.15) is 5.75 Å². The number of H-pyrrole nitrogens is 1. The van der Waals surface area contributed by atoms with E-state index >= 15 is 0 Å².